The second kappa shape index (κ2) is 5.80. The van der Waals surface area contributed by atoms with E-state index in [0.29, 0.717) is 12.2 Å². The maximum Gasteiger partial charge on any atom is 0.160 e. The van der Waals surface area contributed by atoms with Crippen molar-refractivity contribution in [3.05, 3.63) is 29.8 Å². The monoisotopic (exact) mass is 229 g/mol. The molecule has 1 aromatic rings. The fraction of sp³-hybridized carbons (Fsp3) is 0.500. The first-order valence-corrected chi connectivity index (χ1v) is 5.35. The molecule has 1 N–H and O–H groups in total. The fourth-order valence-corrected chi connectivity index (χ4v) is 1.53. The summed E-state index contributed by atoms with van der Waals surface area (Å²) >= 11 is 0. The van der Waals surface area contributed by atoms with Gasteiger partial charge in [0.25, 0.3) is 0 Å². The fourth-order valence-electron chi connectivity index (χ4n) is 1.53. The number of nitrogens with zero attached hydrogens (tertiary/aromatic N) is 1. The van der Waals surface area contributed by atoms with Gasteiger partial charge in [0.2, 0.25) is 0 Å². The lowest BCUT2D eigenvalue weighted by Gasteiger charge is -2.23. The van der Waals surface area contributed by atoms with Gasteiger partial charge in [0.15, 0.2) is 11.6 Å². The van der Waals surface area contributed by atoms with Crippen molar-refractivity contribution in [1.82, 2.24) is 0 Å². The Morgan fingerprint density at radius 1 is 1.31 bits per heavy atom. The molecule has 0 saturated heterocycles. The number of anilines is 1. The van der Waals surface area contributed by atoms with Gasteiger partial charge < -0.3 is 10.0 Å². The molecule has 0 spiro atoms. The summed E-state index contributed by atoms with van der Waals surface area (Å²) in [6, 6.07) is 3.81. The standard InChI is InChI=1S/C12H17F2NO/c1-3-9(8-16)7-15(2)10-4-5-11(13)12(14)6-10/h4-6,9,16H,3,7-8H2,1-2H3. The lowest BCUT2D eigenvalue weighted by Crippen LogP contribution is -2.27. The summed E-state index contributed by atoms with van der Waals surface area (Å²) in [5, 5.41) is 9.06. The molecular weight excluding hydrogens is 212 g/mol. The Balaban J connectivity index is 2.72. The summed E-state index contributed by atoms with van der Waals surface area (Å²) in [4.78, 5) is 1.81. The molecule has 2 nitrogen and oxygen atoms in total. The maximum absolute atomic E-state index is 13.0. The minimum atomic E-state index is -0.846. The smallest absolute Gasteiger partial charge is 0.160 e. The van der Waals surface area contributed by atoms with Gasteiger partial charge in [0, 0.05) is 32.0 Å². The van der Waals surface area contributed by atoms with Crippen LogP contribution in [0.2, 0.25) is 0 Å². The summed E-state index contributed by atoms with van der Waals surface area (Å²) < 4.78 is 25.7. The number of hydrogen-bond acceptors (Lipinski definition) is 2. The SMILES string of the molecule is CCC(CO)CN(C)c1ccc(F)c(F)c1. The highest BCUT2D eigenvalue weighted by Crippen LogP contribution is 2.18. The Bertz CT molecular complexity index is 340. The average molecular weight is 229 g/mol. The lowest BCUT2D eigenvalue weighted by molar-refractivity contribution is 0.225. The molecule has 0 amide bonds. The second-order valence-corrected chi connectivity index (χ2v) is 3.94. The zero-order valence-corrected chi connectivity index (χ0v) is 9.58. The van der Waals surface area contributed by atoms with E-state index in [9.17, 15) is 8.78 Å². The van der Waals surface area contributed by atoms with Crippen molar-refractivity contribution in [2.45, 2.75) is 13.3 Å². The van der Waals surface area contributed by atoms with Crippen LogP contribution in [-0.2, 0) is 0 Å². The van der Waals surface area contributed by atoms with Crippen LogP contribution in [0.5, 0.6) is 0 Å². The van der Waals surface area contributed by atoms with E-state index in [-0.39, 0.29) is 12.5 Å². The van der Waals surface area contributed by atoms with Crippen molar-refractivity contribution in [1.29, 1.82) is 0 Å². The normalized spacial score (nSPS) is 12.6. The largest absolute Gasteiger partial charge is 0.396 e. The molecule has 0 aromatic heterocycles. The van der Waals surface area contributed by atoms with Gasteiger partial charge in [-0.25, -0.2) is 8.78 Å². The molecule has 0 aliphatic carbocycles. The molecule has 1 atom stereocenters. The van der Waals surface area contributed by atoms with Crippen LogP contribution >= 0.6 is 0 Å². The van der Waals surface area contributed by atoms with Gasteiger partial charge >= 0.3 is 0 Å². The number of aliphatic hydroxyl groups is 1. The molecular formula is C12H17F2NO. The van der Waals surface area contributed by atoms with Crippen molar-refractivity contribution < 1.29 is 13.9 Å². The van der Waals surface area contributed by atoms with E-state index in [0.717, 1.165) is 12.5 Å². The van der Waals surface area contributed by atoms with Crippen molar-refractivity contribution in [2.24, 2.45) is 5.92 Å². The number of rotatable bonds is 5. The molecule has 0 aliphatic rings. The van der Waals surface area contributed by atoms with Crippen LogP contribution < -0.4 is 4.90 Å². The lowest BCUT2D eigenvalue weighted by atomic mass is 10.1. The summed E-state index contributed by atoms with van der Waals surface area (Å²) in [5.41, 5.74) is 0.616. The summed E-state index contributed by atoms with van der Waals surface area (Å²) in [5.74, 6) is -1.54. The van der Waals surface area contributed by atoms with E-state index in [2.05, 4.69) is 0 Å². The molecule has 0 fully saturated rings. The zero-order valence-electron chi connectivity index (χ0n) is 9.58. The van der Waals surface area contributed by atoms with Crippen molar-refractivity contribution in [3.63, 3.8) is 0 Å². The van der Waals surface area contributed by atoms with Gasteiger partial charge in [0.1, 0.15) is 0 Å². The third-order valence-electron chi connectivity index (χ3n) is 2.71. The quantitative estimate of drug-likeness (QED) is 0.838. The van der Waals surface area contributed by atoms with Crippen molar-refractivity contribution in [3.8, 4) is 0 Å². The summed E-state index contributed by atoms with van der Waals surface area (Å²) in [6.07, 6.45) is 0.852. The topological polar surface area (TPSA) is 23.5 Å². The third-order valence-corrected chi connectivity index (χ3v) is 2.71. The van der Waals surface area contributed by atoms with Crippen molar-refractivity contribution >= 4 is 5.69 Å². The molecule has 1 unspecified atom stereocenters. The zero-order chi connectivity index (χ0) is 12.1. The number of aliphatic hydroxyl groups excluding tert-OH is 1. The van der Waals surface area contributed by atoms with Crippen LogP contribution in [0, 0.1) is 17.6 Å². The number of halogens is 2. The molecule has 1 rings (SSSR count). The van der Waals surface area contributed by atoms with Crippen LogP contribution in [-0.4, -0.2) is 25.3 Å². The molecule has 0 bridgehead atoms. The van der Waals surface area contributed by atoms with Gasteiger partial charge in [0.05, 0.1) is 0 Å². The molecule has 0 saturated carbocycles. The Kier molecular flexibility index (Phi) is 4.68. The molecule has 1 aromatic carbocycles. The van der Waals surface area contributed by atoms with E-state index in [1.54, 1.807) is 7.05 Å². The molecule has 4 heteroatoms. The highest BCUT2D eigenvalue weighted by atomic mass is 19.2. The van der Waals surface area contributed by atoms with Crippen LogP contribution in [0.25, 0.3) is 0 Å². The van der Waals surface area contributed by atoms with Crippen LogP contribution in [0.15, 0.2) is 18.2 Å². The molecule has 0 radical (unpaired) electrons. The predicted octanol–water partition coefficient (Wildman–Crippen LogP) is 2.42. The van der Waals surface area contributed by atoms with Gasteiger partial charge in [-0.2, -0.15) is 0 Å². The van der Waals surface area contributed by atoms with E-state index < -0.39 is 11.6 Å². The van der Waals surface area contributed by atoms with E-state index in [1.807, 2.05) is 11.8 Å². The predicted molar refractivity (Wildman–Crippen MR) is 60.5 cm³/mol. The summed E-state index contributed by atoms with van der Waals surface area (Å²) in [6.45, 7) is 2.71. The van der Waals surface area contributed by atoms with Gasteiger partial charge in [-0.05, 0) is 24.5 Å². The first kappa shape index (κ1) is 12.9. The van der Waals surface area contributed by atoms with Crippen molar-refractivity contribution in [2.75, 3.05) is 25.1 Å². The van der Waals surface area contributed by atoms with Crippen LogP contribution in [0.1, 0.15) is 13.3 Å². The van der Waals surface area contributed by atoms with Gasteiger partial charge in [-0.3, -0.25) is 0 Å². The van der Waals surface area contributed by atoms with E-state index in [1.165, 1.54) is 12.1 Å². The van der Waals surface area contributed by atoms with Crippen LogP contribution in [0.4, 0.5) is 14.5 Å². The van der Waals surface area contributed by atoms with Gasteiger partial charge in [-0.15, -0.1) is 0 Å². The van der Waals surface area contributed by atoms with Crippen LogP contribution in [0.3, 0.4) is 0 Å². The Labute approximate surface area is 94.5 Å². The maximum atomic E-state index is 13.0. The highest BCUT2D eigenvalue weighted by molar-refractivity contribution is 5.45. The Hall–Kier alpha value is -1.16. The first-order chi connectivity index (χ1) is 7.58. The highest BCUT2D eigenvalue weighted by Gasteiger charge is 2.11. The Morgan fingerprint density at radius 3 is 2.50 bits per heavy atom. The second-order valence-electron chi connectivity index (χ2n) is 3.94. The first-order valence-electron chi connectivity index (χ1n) is 5.35. The molecule has 0 heterocycles. The average Bonchev–Trinajstić information content (AvgIpc) is 2.29. The van der Waals surface area contributed by atoms with E-state index in [4.69, 9.17) is 5.11 Å². The molecule has 16 heavy (non-hydrogen) atoms. The minimum absolute atomic E-state index is 0.102. The van der Waals surface area contributed by atoms with Gasteiger partial charge in [-0.1, -0.05) is 6.92 Å². The number of benzene rings is 1. The van der Waals surface area contributed by atoms with E-state index >= 15 is 0 Å². The third kappa shape index (κ3) is 3.17. The summed E-state index contributed by atoms with van der Waals surface area (Å²) in [7, 11) is 1.80. The molecule has 90 valence electrons. The number of hydrogen-bond donors (Lipinski definition) is 1. The molecule has 0 aliphatic heterocycles. The minimum Gasteiger partial charge on any atom is -0.396 e. The Morgan fingerprint density at radius 2 is 2.00 bits per heavy atom.